The maximum absolute atomic E-state index is 12.6. The van der Waals surface area contributed by atoms with E-state index in [-0.39, 0.29) is 17.4 Å². The van der Waals surface area contributed by atoms with Crippen molar-refractivity contribution in [2.24, 2.45) is 14.1 Å². The normalized spacial score (nSPS) is 17.7. The fourth-order valence-corrected chi connectivity index (χ4v) is 3.26. The van der Waals surface area contributed by atoms with Gasteiger partial charge in [-0.1, -0.05) is 30.3 Å². The van der Waals surface area contributed by atoms with E-state index in [1.807, 2.05) is 34.9 Å². The molecule has 0 radical (unpaired) electrons. The molecule has 1 aliphatic rings. The average molecular weight is 326 g/mol. The number of aryl methyl sites for hydroxylation is 2. The summed E-state index contributed by atoms with van der Waals surface area (Å²) in [4.78, 5) is 29.4. The van der Waals surface area contributed by atoms with E-state index < -0.39 is 0 Å². The predicted octanol–water partition coefficient (Wildman–Crippen LogP) is 0.943. The third-order valence-corrected chi connectivity index (χ3v) is 4.52. The zero-order chi connectivity index (χ0) is 16.8. The second-order valence-electron chi connectivity index (χ2n) is 6.01. The number of nitrogens with zero attached hydrogens (tertiary/aromatic N) is 4. The molecule has 2 aromatic heterocycles. The summed E-state index contributed by atoms with van der Waals surface area (Å²) in [5.41, 5.74) is 1.15. The van der Waals surface area contributed by atoms with Gasteiger partial charge in [-0.05, 0) is 12.0 Å². The Morgan fingerprint density at radius 1 is 1.12 bits per heavy atom. The van der Waals surface area contributed by atoms with E-state index in [2.05, 4.69) is 4.98 Å². The minimum absolute atomic E-state index is 0.319. The van der Waals surface area contributed by atoms with Crippen LogP contribution in [0, 0.1) is 0 Å². The number of aromatic nitrogens is 4. The highest BCUT2D eigenvalue weighted by Gasteiger charge is 2.27. The second-order valence-corrected chi connectivity index (χ2v) is 6.01. The minimum atomic E-state index is -0.377. The lowest BCUT2D eigenvalue weighted by molar-refractivity contribution is 0.0813. The molecular weight excluding hydrogens is 308 g/mol. The highest BCUT2D eigenvalue weighted by molar-refractivity contribution is 5.71. The summed E-state index contributed by atoms with van der Waals surface area (Å²) < 4.78 is 10.5. The van der Waals surface area contributed by atoms with E-state index in [4.69, 9.17) is 4.74 Å². The second kappa shape index (κ2) is 5.45. The van der Waals surface area contributed by atoms with Gasteiger partial charge in [0.25, 0.3) is 5.56 Å². The quantitative estimate of drug-likeness (QED) is 0.667. The Kier molecular flexibility index (Phi) is 3.38. The third-order valence-electron chi connectivity index (χ3n) is 4.52. The summed E-state index contributed by atoms with van der Waals surface area (Å²) in [6.07, 6.45) is 0.439. The molecule has 0 fully saturated rings. The van der Waals surface area contributed by atoms with Crippen molar-refractivity contribution in [3.8, 4) is 0 Å². The van der Waals surface area contributed by atoms with E-state index in [1.165, 1.54) is 11.6 Å². The van der Waals surface area contributed by atoms with Crippen LogP contribution in [0.4, 0.5) is 0 Å². The van der Waals surface area contributed by atoms with Crippen molar-refractivity contribution in [3.05, 3.63) is 62.6 Å². The first-order chi connectivity index (χ1) is 11.6. The highest BCUT2D eigenvalue weighted by Crippen LogP contribution is 2.29. The van der Waals surface area contributed by atoms with Crippen LogP contribution in [0.15, 0.2) is 39.9 Å². The Balaban J connectivity index is 2.06. The van der Waals surface area contributed by atoms with Crippen molar-refractivity contribution in [2.45, 2.75) is 19.1 Å². The van der Waals surface area contributed by atoms with Gasteiger partial charge in [-0.2, -0.15) is 0 Å². The molecule has 124 valence electrons. The minimum Gasteiger partial charge on any atom is -0.365 e. The van der Waals surface area contributed by atoms with Crippen LogP contribution in [0.2, 0.25) is 0 Å². The first-order valence-electron chi connectivity index (χ1n) is 7.92. The Bertz CT molecular complexity index is 1030. The average Bonchev–Trinajstić information content (AvgIpc) is 2.86. The van der Waals surface area contributed by atoms with E-state index in [0.29, 0.717) is 30.1 Å². The number of imidazole rings is 1. The lowest BCUT2D eigenvalue weighted by atomic mass is 10.1. The molecule has 0 aliphatic carbocycles. The molecule has 24 heavy (non-hydrogen) atoms. The molecule has 0 saturated heterocycles. The van der Waals surface area contributed by atoms with E-state index >= 15 is 0 Å². The Morgan fingerprint density at radius 2 is 1.88 bits per heavy atom. The van der Waals surface area contributed by atoms with Crippen LogP contribution < -0.4 is 11.2 Å². The third kappa shape index (κ3) is 2.05. The summed E-state index contributed by atoms with van der Waals surface area (Å²) in [5, 5.41) is 0. The zero-order valence-electron chi connectivity index (χ0n) is 13.6. The molecule has 1 aromatic carbocycles. The number of hydrogen-bond acceptors (Lipinski definition) is 4. The van der Waals surface area contributed by atoms with Crippen LogP contribution in [0.1, 0.15) is 23.9 Å². The molecule has 3 aromatic rings. The molecule has 1 atom stereocenters. The van der Waals surface area contributed by atoms with E-state index in [9.17, 15) is 9.59 Å². The van der Waals surface area contributed by atoms with Gasteiger partial charge < -0.3 is 9.30 Å². The smallest absolute Gasteiger partial charge is 0.332 e. The van der Waals surface area contributed by atoms with Crippen LogP contribution in [-0.4, -0.2) is 25.3 Å². The van der Waals surface area contributed by atoms with Gasteiger partial charge in [0.15, 0.2) is 11.2 Å². The number of ether oxygens (including phenoxy) is 1. The number of hydrogen-bond donors (Lipinski definition) is 0. The van der Waals surface area contributed by atoms with Gasteiger partial charge >= 0.3 is 5.69 Å². The molecule has 0 unspecified atom stereocenters. The molecule has 0 bridgehead atoms. The van der Waals surface area contributed by atoms with Crippen LogP contribution in [-0.2, 0) is 25.4 Å². The molecule has 0 saturated carbocycles. The Labute approximate surface area is 137 Å². The molecule has 1 aliphatic heterocycles. The molecule has 0 amide bonds. The van der Waals surface area contributed by atoms with E-state index in [1.54, 1.807) is 7.05 Å². The van der Waals surface area contributed by atoms with Gasteiger partial charge in [-0.15, -0.1) is 0 Å². The fourth-order valence-electron chi connectivity index (χ4n) is 3.26. The molecule has 0 spiro atoms. The maximum Gasteiger partial charge on any atom is 0.332 e. The highest BCUT2D eigenvalue weighted by atomic mass is 16.5. The van der Waals surface area contributed by atoms with Crippen LogP contribution in [0.3, 0.4) is 0 Å². The lowest BCUT2D eigenvalue weighted by Gasteiger charge is -2.15. The zero-order valence-corrected chi connectivity index (χ0v) is 13.6. The predicted molar refractivity (Wildman–Crippen MR) is 89.1 cm³/mol. The Hall–Kier alpha value is -2.67. The van der Waals surface area contributed by atoms with E-state index in [0.717, 1.165) is 16.6 Å². The summed E-state index contributed by atoms with van der Waals surface area (Å²) in [6, 6.07) is 9.81. The fraction of sp³-hybridized carbons (Fsp3) is 0.353. The summed E-state index contributed by atoms with van der Waals surface area (Å²) in [7, 11) is 3.13. The molecular formula is C17H18N4O3. The largest absolute Gasteiger partial charge is 0.365 e. The van der Waals surface area contributed by atoms with Gasteiger partial charge in [0.1, 0.15) is 11.9 Å². The van der Waals surface area contributed by atoms with Gasteiger partial charge in [-0.25, -0.2) is 9.78 Å². The van der Waals surface area contributed by atoms with Gasteiger partial charge in [0.05, 0.1) is 0 Å². The first-order valence-corrected chi connectivity index (χ1v) is 7.92. The van der Waals surface area contributed by atoms with Crippen LogP contribution in [0.25, 0.3) is 11.2 Å². The first kappa shape index (κ1) is 14.9. The van der Waals surface area contributed by atoms with Crippen molar-refractivity contribution in [1.29, 1.82) is 0 Å². The van der Waals surface area contributed by atoms with Crippen molar-refractivity contribution in [3.63, 3.8) is 0 Å². The van der Waals surface area contributed by atoms with Crippen molar-refractivity contribution < 1.29 is 4.74 Å². The van der Waals surface area contributed by atoms with Crippen molar-refractivity contribution in [1.82, 2.24) is 18.7 Å². The molecule has 4 rings (SSSR count). The monoisotopic (exact) mass is 326 g/mol. The number of fused-ring (bicyclic) bond motifs is 3. The summed E-state index contributed by atoms with van der Waals surface area (Å²) in [5.74, 6) is 0.673. The molecule has 0 N–H and O–H groups in total. The Morgan fingerprint density at radius 3 is 2.62 bits per heavy atom. The SMILES string of the molecule is Cn1c(=O)c2c(nc3n2CCCO[C@H]3c2ccccc2)n(C)c1=O. The van der Waals surface area contributed by atoms with Gasteiger partial charge in [0, 0.05) is 27.2 Å². The topological polar surface area (TPSA) is 71.0 Å². The summed E-state index contributed by atoms with van der Waals surface area (Å²) in [6.45, 7) is 1.24. The maximum atomic E-state index is 12.6. The summed E-state index contributed by atoms with van der Waals surface area (Å²) >= 11 is 0. The molecule has 3 heterocycles. The standard InChI is InChI=1S/C17H18N4O3/c1-19-14-12(16(22)20(2)17(19)23)21-9-6-10-24-13(15(21)18-14)11-7-4-3-5-8-11/h3-5,7-8,13H,6,9-10H2,1-2H3/t13-/m0/s1. The van der Waals surface area contributed by atoms with Crippen LogP contribution in [0.5, 0.6) is 0 Å². The lowest BCUT2D eigenvalue weighted by Crippen LogP contribution is -2.37. The van der Waals surface area contributed by atoms with Crippen LogP contribution >= 0.6 is 0 Å². The van der Waals surface area contributed by atoms with Gasteiger partial charge in [-0.3, -0.25) is 13.9 Å². The van der Waals surface area contributed by atoms with Crippen molar-refractivity contribution in [2.75, 3.05) is 6.61 Å². The molecule has 7 heteroatoms. The number of rotatable bonds is 1. The molecule has 7 nitrogen and oxygen atoms in total. The van der Waals surface area contributed by atoms with Gasteiger partial charge in [0.2, 0.25) is 0 Å². The van der Waals surface area contributed by atoms with Crippen molar-refractivity contribution >= 4 is 11.2 Å². The number of benzene rings is 1.